The normalized spacial score (nSPS) is 18.8. The molecule has 2 atom stereocenters. The van der Waals surface area contributed by atoms with Crippen molar-refractivity contribution in [2.45, 2.75) is 50.2 Å². The number of amides is 1. The minimum absolute atomic E-state index is 0.0170. The fourth-order valence-electron chi connectivity index (χ4n) is 3.92. The number of benzene rings is 2. The van der Waals surface area contributed by atoms with Gasteiger partial charge in [0.1, 0.15) is 11.9 Å². The van der Waals surface area contributed by atoms with E-state index >= 15 is 0 Å². The van der Waals surface area contributed by atoms with Gasteiger partial charge in [-0.25, -0.2) is 26.4 Å². The van der Waals surface area contributed by atoms with Crippen molar-refractivity contribution in [1.82, 2.24) is 9.62 Å². The molecule has 1 fully saturated rings. The second-order valence-corrected chi connectivity index (χ2v) is 11.4. The lowest BCUT2D eigenvalue weighted by molar-refractivity contribution is -0.131. The maximum absolute atomic E-state index is 14.9. The van der Waals surface area contributed by atoms with Gasteiger partial charge in [0.2, 0.25) is 15.9 Å². The second-order valence-electron chi connectivity index (χ2n) is 9.49. The van der Waals surface area contributed by atoms with Crippen molar-refractivity contribution in [2.24, 2.45) is 5.41 Å². The third-order valence-electron chi connectivity index (χ3n) is 6.28. The van der Waals surface area contributed by atoms with Crippen LogP contribution in [0.3, 0.4) is 0 Å². The first kappa shape index (κ1) is 28.5. The molecule has 12 heteroatoms. The summed E-state index contributed by atoms with van der Waals surface area (Å²) in [5.41, 5.74) is -0.950. The van der Waals surface area contributed by atoms with Crippen molar-refractivity contribution < 1.29 is 41.0 Å². The number of ether oxygens (including phenoxy) is 1. The van der Waals surface area contributed by atoms with Crippen LogP contribution in [0.1, 0.15) is 43.5 Å². The Balaban J connectivity index is 1.50. The molecule has 2 aromatic carbocycles. The summed E-state index contributed by atoms with van der Waals surface area (Å²) >= 11 is 0. The molecule has 0 unspecified atom stereocenters. The standard InChI is InChI=1S/C25H29F3N2O6S/c1-25(2,11-3-13-36-17-6-9-19(26)20(27)14-17)24(33)29-22-10-12-30(15-21(22)28)37(34,35)18-7-4-16(5-8-18)23(31)32/h4-9,14,21-22H,3,10-13,15H2,1-2H3,(H,29,33)(H,31,32)/t21-,22-/m1/s1. The molecule has 0 bridgehead atoms. The van der Waals surface area contributed by atoms with Crippen molar-refractivity contribution in [3.63, 3.8) is 0 Å². The molecule has 1 saturated heterocycles. The van der Waals surface area contributed by atoms with Crippen molar-refractivity contribution in [1.29, 1.82) is 0 Å². The molecule has 2 N–H and O–H groups in total. The van der Waals surface area contributed by atoms with E-state index in [9.17, 15) is 31.2 Å². The van der Waals surface area contributed by atoms with E-state index in [1.807, 2.05) is 0 Å². The number of nitrogens with zero attached hydrogens (tertiary/aromatic N) is 1. The highest BCUT2D eigenvalue weighted by Crippen LogP contribution is 2.27. The number of carboxylic acid groups (broad SMARTS) is 1. The molecule has 3 rings (SSSR count). The van der Waals surface area contributed by atoms with Crippen molar-refractivity contribution in [3.05, 3.63) is 59.7 Å². The molecule has 202 valence electrons. The number of piperidine rings is 1. The van der Waals surface area contributed by atoms with Gasteiger partial charge in [-0.1, -0.05) is 13.8 Å². The van der Waals surface area contributed by atoms with Crippen molar-refractivity contribution in [3.8, 4) is 5.75 Å². The third kappa shape index (κ3) is 7.01. The number of carbonyl (C=O) groups is 2. The van der Waals surface area contributed by atoms with E-state index in [0.29, 0.717) is 12.8 Å². The minimum atomic E-state index is -4.03. The molecule has 37 heavy (non-hydrogen) atoms. The Morgan fingerprint density at radius 3 is 2.41 bits per heavy atom. The largest absolute Gasteiger partial charge is 0.493 e. The van der Waals surface area contributed by atoms with Gasteiger partial charge in [0.15, 0.2) is 11.6 Å². The van der Waals surface area contributed by atoms with Crippen LogP contribution in [-0.4, -0.2) is 61.6 Å². The van der Waals surface area contributed by atoms with Gasteiger partial charge in [-0.05, 0) is 55.7 Å². The molecular weight excluding hydrogens is 513 g/mol. The highest BCUT2D eigenvalue weighted by Gasteiger charge is 2.38. The predicted molar refractivity (Wildman–Crippen MR) is 128 cm³/mol. The van der Waals surface area contributed by atoms with E-state index in [-0.39, 0.29) is 35.8 Å². The van der Waals surface area contributed by atoms with E-state index in [1.54, 1.807) is 13.8 Å². The van der Waals surface area contributed by atoms with Crippen LogP contribution in [0.2, 0.25) is 0 Å². The van der Waals surface area contributed by atoms with Gasteiger partial charge in [-0.2, -0.15) is 4.31 Å². The first-order chi connectivity index (χ1) is 17.3. The van der Waals surface area contributed by atoms with Crippen LogP contribution in [-0.2, 0) is 14.8 Å². The zero-order chi connectivity index (χ0) is 27.4. The van der Waals surface area contributed by atoms with Gasteiger partial charge < -0.3 is 15.2 Å². The minimum Gasteiger partial charge on any atom is -0.493 e. The van der Waals surface area contributed by atoms with Crippen LogP contribution in [0.15, 0.2) is 47.4 Å². The van der Waals surface area contributed by atoms with E-state index in [4.69, 9.17) is 9.84 Å². The van der Waals surface area contributed by atoms with Crippen LogP contribution in [0.25, 0.3) is 0 Å². The lowest BCUT2D eigenvalue weighted by atomic mass is 9.86. The quantitative estimate of drug-likeness (QED) is 0.442. The summed E-state index contributed by atoms with van der Waals surface area (Å²) in [4.78, 5) is 23.7. The van der Waals surface area contributed by atoms with E-state index in [1.165, 1.54) is 30.3 Å². The molecule has 0 radical (unpaired) electrons. The SMILES string of the molecule is CC(C)(CCCOc1ccc(F)c(F)c1)C(=O)N[C@@H]1CCN(S(=O)(=O)c2ccc(C(=O)O)cc2)C[C@H]1F. The lowest BCUT2D eigenvalue weighted by Crippen LogP contribution is -2.55. The maximum atomic E-state index is 14.9. The molecule has 1 aliphatic heterocycles. The lowest BCUT2D eigenvalue weighted by Gasteiger charge is -2.36. The van der Waals surface area contributed by atoms with E-state index in [0.717, 1.165) is 16.4 Å². The molecule has 0 spiro atoms. The molecule has 0 aromatic heterocycles. The number of rotatable bonds is 10. The van der Waals surface area contributed by atoms with Gasteiger partial charge in [0.25, 0.3) is 0 Å². The van der Waals surface area contributed by atoms with Gasteiger partial charge in [-0.15, -0.1) is 0 Å². The summed E-state index contributed by atoms with van der Waals surface area (Å²) in [5, 5.41) is 11.7. The first-order valence-electron chi connectivity index (χ1n) is 11.7. The number of alkyl halides is 1. The highest BCUT2D eigenvalue weighted by molar-refractivity contribution is 7.89. The Morgan fingerprint density at radius 2 is 1.81 bits per heavy atom. The third-order valence-corrected chi connectivity index (χ3v) is 8.16. The molecule has 1 amide bonds. The summed E-state index contributed by atoms with van der Waals surface area (Å²) in [6, 6.07) is 6.99. The van der Waals surface area contributed by atoms with Crippen LogP contribution < -0.4 is 10.1 Å². The predicted octanol–water partition coefficient (Wildman–Crippen LogP) is 3.77. The van der Waals surface area contributed by atoms with E-state index < -0.39 is 57.7 Å². The van der Waals surface area contributed by atoms with E-state index in [2.05, 4.69) is 5.32 Å². The summed E-state index contributed by atoms with van der Waals surface area (Å²) in [5.74, 6) is -3.42. The van der Waals surface area contributed by atoms with Crippen molar-refractivity contribution in [2.75, 3.05) is 19.7 Å². The van der Waals surface area contributed by atoms with Crippen LogP contribution >= 0.6 is 0 Å². The molecule has 1 aliphatic rings. The number of carbonyl (C=O) groups excluding carboxylic acids is 1. The Kier molecular flexibility index (Phi) is 8.85. The Morgan fingerprint density at radius 1 is 1.14 bits per heavy atom. The molecule has 1 heterocycles. The highest BCUT2D eigenvalue weighted by atomic mass is 32.2. The fraction of sp³-hybridized carbons (Fsp3) is 0.440. The summed E-state index contributed by atoms with van der Waals surface area (Å²) in [6.07, 6.45) is -0.776. The number of aromatic carboxylic acids is 1. The molecule has 2 aromatic rings. The summed E-state index contributed by atoms with van der Waals surface area (Å²) in [7, 11) is -4.03. The molecular formula is C25H29F3N2O6S. The summed E-state index contributed by atoms with van der Waals surface area (Å²) in [6.45, 7) is 3.07. The van der Waals surface area contributed by atoms with Gasteiger partial charge in [0.05, 0.1) is 23.1 Å². The van der Waals surface area contributed by atoms with Crippen LogP contribution in [0.4, 0.5) is 13.2 Å². The Labute approximate surface area is 213 Å². The first-order valence-corrected chi connectivity index (χ1v) is 13.1. The second kappa shape index (κ2) is 11.5. The van der Waals surface area contributed by atoms with Crippen LogP contribution in [0, 0.1) is 17.0 Å². The number of nitrogens with one attached hydrogen (secondary N) is 1. The monoisotopic (exact) mass is 542 g/mol. The van der Waals surface area contributed by atoms with Gasteiger partial charge in [0, 0.05) is 24.6 Å². The smallest absolute Gasteiger partial charge is 0.335 e. The van der Waals surface area contributed by atoms with Gasteiger partial charge in [-0.3, -0.25) is 4.79 Å². The van der Waals surface area contributed by atoms with Crippen LogP contribution in [0.5, 0.6) is 5.75 Å². The number of sulfonamides is 1. The van der Waals surface area contributed by atoms with Gasteiger partial charge >= 0.3 is 5.97 Å². The number of hydrogen-bond donors (Lipinski definition) is 2. The zero-order valence-corrected chi connectivity index (χ0v) is 21.2. The maximum Gasteiger partial charge on any atom is 0.335 e. The summed E-state index contributed by atoms with van der Waals surface area (Å²) < 4.78 is 73.3. The number of hydrogen-bond acceptors (Lipinski definition) is 5. The fourth-order valence-corrected chi connectivity index (χ4v) is 5.39. The number of halogens is 3. The average molecular weight is 543 g/mol. The Hall–Kier alpha value is -3.12. The average Bonchev–Trinajstić information content (AvgIpc) is 2.85. The molecule has 0 aliphatic carbocycles. The number of carboxylic acids is 1. The topological polar surface area (TPSA) is 113 Å². The van der Waals surface area contributed by atoms with Crippen molar-refractivity contribution >= 4 is 21.9 Å². The molecule has 0 saturated carbocycles. The zero-order valence-electron chi connectivity index (χ0n) is 20.4. The Bertz CT molecular complexity index is 1240. The molecule has 8 nitrogen and oxygen atoms in total.